The highest BCUT2D eigenvalue weighted by Crippen LogP contribution is 2.24. The summed E-state index contributed by atoms with van der Waals surface area (Å²) in [4.78, 5) is 0. The molecule has 0 fully saturated rings. The van der Waals surface area contributed by atoms with Gasteiger partial charge in [-0.15, -0.1) is 12.4 Å². The molecule has 0 amide bonds. The van der Waals surface area contributed by atoms with Gasteiger partial charge in [0, 0.05) is 10.6 Å². The van der Waals surface area contributed by atoms with Crippen LogP contribution in [0.1, 0.15) is 37.8 Å². The van der Waals surface area contributed by atoms with Crippen molar-refractivity contribution in [3.63, 3.8) is 0 Å². The molecule has 0 saturated heterocycles. The lowest BCUT2D eigenvalue weighted by molar-refractivity contribution is 0.131. The van der Waals surface area contributed by atoms with Gasteiger partial charge in [0.2, 0.25) is 0 Å². The van der Waals surface area contributed by atoms with Crippen LogP contribution < -0.4 is 5.73 Å². The van der Waals surface area contributed by atoms with E-state index in [9.17, 15) is 9.50 Å². The van der Waals surface area contributed by atoms with Gasteiger partial charge in [-0.1, -0.05) is 31.4 Å². The third-order valence-corrected chi connectivity index (χ3v) is 2.82. The first-order chi connectivity index (χ1) is 7.56. The highest BCUT2D eigenvalue weighted by Gasteiger charge is 2.19. The molecule has 0 radical (unpaired) electrons. The number of hydrogen-bond donors (Lipinski definition) is 2. The summed E-state index contributed by atoms with van der Waals surface area (Å²) in [6.07, 6.45) is 1.69. The molecule has 0 saturated carbocycles. The highest BCUT2D eigenvalue weighted by molar-refractivity contribution is 6.30. The molecule has 1 aromatic carbocycles. The number of nitrogens with two attached hydrogens (primary N) is 1. The second-order valence-corrected chi connectivity index (χ2v) is 4.34. The Morgan fingerprint density at radius 3 is 2.71 bits per heavy atom. The van der Waals surface area contributed by atoms with Crippen LogP contribution in [0, 0.1) is 5.82 Å². The summed E-state index contributed by atoms with van der Waals surface area (Å²) in [5.41, 5.74) is 6.07. The minimum atomic E-state index is -0.729. The Morgan fingerprint density at radius 1 is 1.47 bits per heavy atom. The van der Waals surface area contributed by atoms with E-state index < -0.39 is 18.0 Å². The molecule has 2 atom stereocenters. The maximum atomic E-state index is 13.5. The number of rotatable bonds is 5. The van der Waals surface area contributed by atoms with Crippen LogP contribution in [0.2, 0.25) is 5.02 Å². The largest absolute Gasteiger partial charge is 0.391 e. The minimum absolute atomic E-state index is 0. The van der Waals surface area contributed by atoms with E-state index in [4.69, 9.17) is 17.3 Å². The van der Waals surface area contributed by atoms with Gasteiger partial charge >= 0.3 is 0 Å². The molecule has 17 heavy (non-hydrogen) atoms. The third kappa shape index (κ3) is 4.80. The lowest BCUT2D eigenvalue weighted by Gasteiger charge is -2.19. The summed E-state index contributed by atoms with van der Waals surface area (Å²) in [5, 5.41) is 10.2. The van der Waals surface area contributed by atoms with Crippen molar-refractivity contribution in [2.75, 3.05) is 0 Å². The summed E-state index contributed by atoms with van der Waals surface area (Å²) in [6.45, 7) is 2.03. The molecule has 1 rings (SSSR count). The number of hydrogen-bond acceptors (Lipinski definition) is 2. The highest BCUT2D eigenvalue weighted by atomic mass is 35.5. The maximum Gasteiger partial charge on any atom is 0.128 e. The van der Waals surface area contributed by atoms with Crippen LogP contribution in [0.25, 0.3) is 0 Å². The molecule has 0 aliphatic carbocycles. The molecule has 0 heterocycles. The molecule has 5 heteroatoms. The molecule has 3 N–H and O–H groups in total. The molecule has 0 aromatic heterocycles. The zero-order valence-corrected chi connectivity index (χ0v) is 11.3. The van der Waals surface area contributed by atoms with Crippen LogP contribution in [0.4, 0.5) is 4.39 Å². The summed E-state index contributed by atoms with van der Waals surface area (Å²) >= 11 is 5.77. The second-order valence-electron chi connectivity index (χ2n) is 3.90. The van der Waals surface area contributed by atoms with Crippen LogP contribution in [-0.4, -0.2) is 11.2 Å². The first-order valence-electron chi connectivity index (χ1n) is 5.44. The molecular weight excluding hydrogens is 264 g/mol. The Morgan fingerprint density at radius 2 is 2.12 bits per heavy atom. The predicted molar refractivity (Wildman–Crippen MR) is 71.1 cm³/mol. The van der Waals surface area contributed by atoms with E-state index in [1.807, 2.05) is 6.92 Å². The summed E-state index contributed by atoms with van der Waals surface area (Å²) in [7, 11) is 0. The van der Waals surface area contributed by atoms with Crippen molar-refractivity contribution in [1.82, 2.24) is 0 Å². The van der Waals surface area contributed by atoms with Gasteiger partial charge in [-0.2, -0.15) is 0 Å². The van der Waals surface area contributed by atoms with Crippen molar-refractivity contribution in [1.29, 1.82) is 0 Å². The van der Waals surface area contributed by atoms with E-state index in [1.54, 1.807) is 0 Å². The van der Waals surface area contributed by atoms with E-state index >= 15 is 0 Å². The van der Waals surface area contributed by atoms with Crippen molar-refractivity contribution in [3.8, 4) is 0 Å². The van der Waals surface area contributed by atoms with Crippen molar-refractivity contribution in [2.24, 2.45) is 5.73 Å². The first-order valence-corrected chi connectivity index (χ1v) is 5.82. The van der Waals surface area contributed by atoms with Gasteiger partial charge < -0.3 is 10.8 Å². The standard InChI is InChI=1S/C12H17ClFNO.ClH/c1-2-3-4-11(16)12(15)9-7-8(13)5-6-10(9)14;/h5-7,11-12,16H,2-4,15H2,1H3;1H/t11-,12+;/m0./s1. The zero-order valence-electron chi connectivity index (χ0n) is 9.70. The molecule has 98 valence electrons. The van der Waals surface area contributed by atoms with Gasteiger partial charge in [0.05, 0.1) is 12.1 Å². The lowest BCUT2D eigenvalue weighted by Crippen LogP contribution is -2.27. The fraction of sp³-hybridized carbons (Fsp3) is 0.500. The van der Waals surface area contributed by atoms with Gasteiger partial charge in [-0.05, 0) is 24.6 Å². The van der Waals surface area contributed by atoms with Crippen molar-refractivity contribution < 1.29 is 9.50 Å². The number of aliphatic hydroxyl groups excluding tert-OH is 1. The fourth-order valence-electron chi connectivity index (χ4n) is 1.57. The van der Waals surface area contributed by atoms with E-state index in [1.165, 1.54) is 18.2 Å². The van der Waals surface area contributed by atoms with E-state index in [-0.39, 0.29) is 18.0 Å². The number of unbranched alkanes of at least 4 members (excludes halogenated alkanes) is 1. The average Bonchev–Trinajstić information content (AvgIpc) is 2.28. The van der Waals surface area contributed by atoms with Gasteiger partial charge in [-0.25, -0.2) is 4.39 Å². The summed E-state index contributed by atoms with van der Waals surface area (Å²) in [6, 6.07) is 3.48. The van der Waals surface area contributed by atoms with Crippen LogP contribution in [0.5, 0.6) is 0 Å². The molecule has 0 bridgehead atoms. The lowest BCUT2D eigenvalue weighted by atomic mass is 9.98. The zero-order chi connectivity index (χ0) is 12.1. The summed E-state index contributed by atoms with van der Waals surface area (Å²) < 4.78 is 13.5. The predicted octanol–water partition coefficient (Wildman–Crippen LogP) is 3.45. The Kier molecular flexibility index (Phi) is 7.71. The number of aliphatic hydroxyl groups is 1. The summed E-state index contributed by atoms with van der Waals surface area (Å²) in [5.74, 6) is -0.424. The normalized spacial score (nSPS) is 13.9. The van der Waals surface area contributed by atoms with Gasteiger partial charge in [-0.3, -0.25) is 0 Å². The topological polar surface area (TPSA) is 46.2 Å². The molecule has 0 aliphatic heterocycles. The van der Waals surface area contributed by atoms with Crippen molar-refractivity contribution >= 4 is 24.0 Å². The quantitative estimate of drug-likeness (QED) is 0.868. The minimum Gasteiger partial charge on any atom is -0.391 e. The first kappa shape index (κ1) is 16.6. The second kappa shape index (κ2) is 7.88. The van der Waals surface area contributed by atoms with E-state index in [2.05, 4.69) is 0 Å². The maximum absolute atomic E-state index is 13.5. The third-order valence-electron chi connectivity index (χ3n) is 2.59. The fourth-order valence-corrected chi connectivity index (χ4v) is 1.75. The SMILES string of the molecule is CCCC[C@H](O)[C@H](N)c1cc(Cl)ccc1F.Cl. The van der Waals surface area contributed by atoms with Crippen molar-refractivity contribution in [2.45, 2.75) is 38.3 Å². The van der Waals surface area contributed by atoms with E-state index in [0.29, 0.717) is 11.4 Å². The average molecular weight is 282 g/mol. The van der Waals surface area contributed by atoms with Gasteiger partial charge in [0.15, 0.2) is 0 Å². The molecule has 0 unspecified atom stereocenters. The van der Waals surface area contributed by atoms with Crippen LogP contribution in [0.15, 0.2) is 18.2 Å². The molecule has 1 aromatic rings. The van der Waals surface area contributed by atoms with Crippen LogP contribution >= 0.6 is 24.0 Å². The Balaban J connectivity index is 0.00000256. The van der Waals surface area contributed by atoms with Crippen molar-refractivity contribution in [3.05, 3.63) is 34.6 Å². The molecule has 0 spiro atoms. The molecule has 2 nitrogen and oxygen atoms in total. The molecular formula is C12H18Cl2FNO. The Hall–Kier alpha value is -0.350. The monoisotopic (exact) mass is 281 g/mol. The Bertz CT molecular complexity index is 349. The van der Waals surface area contributed by atoms with Gasteiger partial charge in [0.1, 0.15) is 5.82 Å². The Labute approximate surface area is 112 Å². The van der Waals surface area contributed by atoms with Gasteiger partial charge in [0.25, 0.3) is 0 Å². The number of benzene rings is 1. The smallest absolute Gasteiger partial charge is 0.128 e. The van der Waals surface area contributed by atoms with Crippen LogP contribution in [0.3, 0.4) is 0 Å². The molecule has 0 aliphatic rings. The van der Waals surface area contributed by atoms with Crippen LogP contribution in [-0.2, 0) is 0 Å². The van der Waals surface area contributed by atoms with E-state index in [0.717, 1.165) is 12.8 Å². The number of halogens is 3.